The van der Waals surface area contributed by atoms with E-state index >= 15 is 0 Å². The highest BCUT2D eigenvalue weighted by Gasteiger charge is 2.12. The third kappa shape index (κ3) is 5.18. The van der Waals surface area contributed by atoms with Crippen molar-refractivity contribution in [1.82, 2.24) is 14.9 Å². The molecule has 0 radical (unpaired) electrons. The molecule has 24 heavy (non-hydrogen) atoms. The van der Waals surface area contributed by atoms with Crippen molar-refractivity contribution in [3.8, 4) is 0 Å². The highest BCUT2D eigenvalue weighted by atomic mass is 35.5. The first-order valence-electron chi connectivity index (χ1n) is 7.67. The van der Waals surface area contributed by atoms with Crippen LogP contribution in [0.15, 0.2) is 24.3 Å². The van der Waals surface area contributed by atoms with Gasteiger partial charge in [-0.2, -0.15) is 0 Å². The van der Waals surface area contributed by atoms with E-state index in [9.17, 15) is 4.79 Å². The van der Waals surface area contributed by atoms with Gasteiger partial charge >= 0.3 is 0 Å². The molecular formula is C17H22ClN5O. The van der Waals surface area contributed by atoms with E-state index in [2.05, 4.69) is 25.5 Å². The van der Waals surface area contributed by atoms with E-state index in [1.54, 1.807) is 18.2 Å². The number of nitrogens with one attached hydrogen (secondary N) is 2. The average molecular weight is 348 g/mol. The van der Waals surface area contributed by atoms with Crippen LogP contribution in [0, 0.1) is 13.8 Å². The molecule has 1 heterocycles. The summed E-state index contributed by atoms with van der Waals surface area (Å²) in [6, 6.07) is 7.02. The second kappa shape index (κ2) is 8.08. The molecule has 0 spiro atoms. The Balaban J connectivity index is 2.14. The Hall–Kier alpha value is -2.18. The van der Waals surface area contributed by atoms with E-state index in [0.717, 1.165) is 17.8 Å². The van der Waals surface area contributed by atoms with E-state index < -0.39 is 0 Å². The Kier molecular flexibility index (Phi) is 6.11. The largest absolute Gasteiger partial charge is 0.353 e. The highest BCUT2D eigenvalue weighted by molar-refractivity contribution is 6.31. The molecule has 1 aromatic carbocycles. The smallest absolute Gasteiger partial charge is 0.274 e. The van der Waals surface area contributed by atoms with Crippen molar-refractivity contribution in [2.75, 3.05) is 37.8 Å². The normalized spacial score (nSPS) is 10.8. The van der Waals surface area contributed by atoms with Gasteiger partial charge in [0, 0.05) is 29.5 Å². The van der Waals surface area contributed by atoms with Crippen LogP contribution in [0.25, 0.3) is 0 Å². The minimum Gasteiger partial charge on any atom is -0.353 e. The number of nitrogens with zero attached hydrogens (tertiary/aromatic N) is 3. The number of aromatic nitrogens is 2. The van der Waals surface area contributed by atoms with Crippen LogP contribution in [0.2, 0.25) is 5.02 Å². The summed E-state index contributed by atoms with van der Waals surface area (Å²) in [6.07, 6.45) is 0. The van der Waals surface area contributed by atoms with E-state index in [0.29, 0.717) is 28.9 Å². The standard InChI is InChI=1S/C17H22ClN5O/c1-11-5-6-13(18)10-14(11)21-16(24)15-9-12(2)20-17(22-15)19-7-8-23(3)4/h5-6,9-10H,7-8H2,1-4H3,(H,21,24)(H,19,20,22). The van der Waals surface area contributed by atoms with Crippen molar-refractivity contribution in [2.45, 2.75) is 13.8 Å². The lowest BCUT2D eigenvalue weighted by Crippen LogP contribution is -2.22. The summed E-state index contributed by atoms with van der Waals surface area (Å²) in [7, 11) is 3.98. The maximum atomic E-state index is 12.5. The van der Waals surface area contributed by atoms with Gasteiger partial charge < -0.3 is 15.5 Å². The average Bonchev–Trinajstić information content (AvgIpc) is 2.50. The number of carbonyl (C=O) groups is 1. The highest BCUT2D eigenvalue weighted by Crippen LogP contribution is 2.20. The lowest BCUT2D eigenvalue weighted by molar-refractivity contribution is 0.102. The first-order valence-corrected chi connectivity index (χ1v) is 8.05. The molecule has 2 aromatic rings. The predicted molar refractivity (Wildman–Crippen MR) is 98.0 cm³/mol. The maximum Gasteiger partial charge on any atom is 0.274 e. The molecule has 6 nitrogen and oxygen atoms in total. The summed E-state index contributed by atoms with van der Waals surface area (Å²) in [5, 5.41) is 6.55. The van der Waals surface area contributed by atoms with Crippen molar-refractivity contribution < 1.29 is 4.79 Å². The Morgan fingerprint density at radius 3 is 2.67 bits per heavy atom. The van der Waals surface area contributed by atoms with Gasteiger partial charge in [-0.1, -0.05) is 17.7 Å². The van der Waals surface area contributed by atoms with E-state index in [1.807, 2.05) is 34.0 Å². The fourth-order valence-corrected chi connectivity index (χ4v) is 2.24. The number of anilines is 2. The predicted octanol–water partition coefficient (Wildman–Crippen LogP) is 2.97. The van der Waals surface area contributed by atoms with Gasteiger partial charge in [-0.15, -0.1) is 0 Å². The molecule has 1 amide bonds. The van der Waals surface area contributed by atoms with Crippen LogP contribution < -0.4 is 10.6 Å². The van der Waals surface area contributed by atoms with Gasteiger partial charge in [-0.05, 0) is 51.7 Å². The number of hydrogen-bond donors (Lipinski definition) is 2. The van der Waals surface area contributed by atoms with Gasteiger partial charge in [0.15, 0.2) is 0 Å². The van der Waals surface area contributed by atoms with E-state index in [-0.39, 0.29) is 5.91 Å². The zero-order valence-electron chi connectivity index (χ0n) is 14.4. The summed E-state index contributed by atoms with van der Waals surface area (Å²) in [5.41, 5.74) is 2.65. The number of halogens is 1. The minimum absolute atomic E-state index is 0.290. The van der Waals surface area contributed by atoms with E-state index in [1.165, 1.54) is 0 Å². The van der Waals surface area contributed by atoms with Gasteiger partial charge in [0.2, 0.25) is 5.95 Å². The molecule has 0 aliphatic carbocycles. The van der Waals surface area contributed by atoms with Crippen LogP contribution in [-0.2, 0) is 0 Å². The molecule has 2 N–H and O–H groups in total. The van der Waals surface area contributed by atoms with Crippen molar-refractivity contribution in [3.05, 3.63) is 46.2 Å². The number of hydrogen-bond acceptors (Lipinski definition) is 5. The fraction of sp³-hybridized carbons (Fsp3) is 0.353. The molecular weight excluding hydrogens is 326 g/mol. The number of rotatable bonds is 6. The number of benzene rings is 1. The van der Waals surface area contributed by atoms with Gasteiger partial charge in [-0.25, -0.2) is 9.97 Å². The fourth-order valence-electron chi connectivity index (χ4n) is 2.07. The monoisotopic (exact) mass is 347 g/mol. The van der Waals surface area contributed by atoms with Crippen LogP contribution in [0.1, 0.15) is 21.7 Å². The Bertz CT molecular complexity index is 733. The second-order valence-electron chi connectivity index (χ2n) is 5.86. The quantitative estimate of drug-likeness (QED) is 0.840. The first-order chi connectivity index (χ1) is 11.3. The molecule has 0 saturated heterocycles. The topological polar surface area (TPSA) is 70.2 Å². The van der Waals surface area contributed by atoms with Gasteiger partial charge in [0.25, 0.3) is 5.91 Å². The number of likely N-dealkylation sites (N-methyl/N-ethyl adjacent to an activating group) is 1. The lowest BCUT2D eigenvalue weighted by atomic mass is 10.2. The summed E-state index contributed by atoms with van der Waals surface area (Å²) in [4.78, 5) is 23.1. The van der Waals surface area contributed by atoms with Crippen LogP contribution in [0.5, 0.6) is 0 Å². The zero-order chi connectivity index (χ0) is 17.7. The summed E-state index contributed by atoms with van der Waals surface area (Å²) < 4.78 is 0. The molecule has 0 aliphatic heterocycles. The van der Waals surface area contributed by atoms with Gasteiger partial charge in [0.05, 0.1) is 0 Å². The second-order valence-corrected chi connectivity index (χ2v) is 6.30. The number of carbonyl (C=O) groups excluding carboxylic acids is 1. The molecule has 7 heteroatoms. The van der Waals surface area contributed by atoms with Crippen LogP contribution in [0.3, 0.4) is 0 Å². The molecule has 1 aromatic heterocycles. The molecule has 128 valence electrons. The molecule has 2 rings (SSSR count). The molecule has 0 unspecified atom stereocenters. The molecule has 0 saturated carbocycles. The van der Waals surface area contributed by atoms with Crippen LogP contribution >= 0.6 is 11.6 Å². The molecule has 0 aliphatic rings. The first kappa shape index (κ1) is 18.2. The Morgan fingerprint density at radius 1 is 1.21 bits per heavy atom. The summed E-state index contributed by atoms with van der Waals surface area (Å²) in [6.45, 7) is 5.29. The maximum absolute atomic E-state index is 12.5. The summed E-state index contributed by atoms with van der Waals surface area (Å²) >= 11 is 5.99. The van der Waals surface area contributed by atoms with Crippen LogP contribution in [-0.4, -0.2) is 48.0 Å². The van der Waals surface area contributed by atoms with Crippen molar-refractivity contribution >= 4 is 29.1 Å². The Labute approximate surface area is 147 Å². The molecule has 0 bridgehead atoms. The zero-order valence-corrected chi connectivity index (χ0v) is 15.1. The minimum atomic E-state index is -0.290. The van der Waals surface area contributed by atoms with Crippen molar-refractivity contribution in [2.24, 2.45) is 0 Å². The molecule has 0 fully saturated rings. The van der Waals surface area contributed by atoms with Crippen molar-refractivity contribution in [1.29, 1.82) is 0 Å². The van der Waals surface area contributed by atoms with Crippen LogP contribution in [0.4, 0.5) is 11.6 Å². The van der Waals surface area contributed by atoms with E-state index in [4.69, 9.17) is 11.6 Å². The Morgan fingerprint density at radius 2 is 1.96 bits per heavy atom. The van der Waals surface area contributed by atoms with Crippen molar-refractivity contribution in [3.63, 3.8) is 0 Å². The van der Waals surface area contributed by atoms with Gasteiger partial charge in [0.1, 0.15) is 5.69 Å². The molecule has 0 atom stereocenters. The third-order valence-electron chi connectivity index (χ3n) is 3.38. The van der Waals surface area contributed by atoms with Gasteiger partial charge in [-0.3, -0.25) is 4.79 Å². The summed E-state index contributed by atoms with van der Waals surface area (Å²) in [5.74, 6) is 0.159. The SMILES string of the molecule is Cc1cc(C(=O)Nc2cc(Cl)ccc2C)nc(NCCN(C)C)n1. The number of amides is 1. The number of aryl methyl sites for hydroxylation is 2. The third-order valence-corrected chi connectivity index (χ3v) is 3.61. The lowest BCUT2D eigenvalue weighted by Gasteiger charge is -2.12.